The van der Waals surface area contributed by atoms with Gasteiger partial charge in [-0.05, 0) is 25.0 Å². The van der Waals surface area contributed by atoms with Gasteiger partial charge in [-0.15, -0.1) is 0 Å². The van der Waals surface area contributed by atoms with Gasteiger partial charge in [0.25, 0.3) is 0 Å². The van der Waals surface area contributed by atoms with E-state index in [1.165, 1.54) is 0 Å². The van der Waals surface area contributed by atoms with Crippen molar-refractivity contribution < 1.29 is 18.3 Å². The van der Waals surface area contributed by atoms with Crippen LogP contribution in [0, 0.1) is 17.5 Å². The van der Waals surface area contributed by atoms with Crippen LogP contribution in [-0.2, 0) is 0 Å². The fourth-order valence-corrected chi connectivity index (χ4v) is 1.66. The van der Waals surface area contributed by atoms with E-state index < -0.39 is 29.4 Å². The van der Waals surface area contributed by atoms with Crippen molar-refractivity contribution in [1.29, 1.82) is 0 Å². The summed E-state index contributed by atoms with van der Waals surface area (Å²) in [6, 6.07) is 0.845. The summed E-state index contributed by atoms with van der Waals surface area (Å²) in [6.45, 7) is 1.44. The van der Waals surface area contributed by atoms with Crippen LogP contribution in [0.3, 0.4) is 0 Å². The lowest BCUT2D eigenvalue weighted by atomic mass is 9.89. The Bertz CT molecular complexity index is 368. The molecule has 0 spiro atoms. The molecule has 0 heterocycles. The summed E-state index contributed by atoms with van der Waals surface area (Å²) in [5.74, 6) is -3.71. The van der Waals surface area contributed by atoms with Crippen LogP contribution in [0.1, 0.15) is 24.8 Å². The van der Waals surface area contributed by atoms with Gasteiger partial charge in [-0.25, -0.2) is 13.2 Å². The molecule has 0 saturated heterocycles. The molecule has 0 aromatic heterocycles. The molecule has 0 aliphatic carbocycles. The van der Waals surface area contributed by atoms with Crippen molar-refractivity contribution in [3.05, 3.63) is 35.1 Å². The zero-order valence-corrected chi connectivity index (χ0v) is 8.88. The van der Waals surface area contributed by atoms with Crippen LogP contribution in [0.2, 0.25) is 0 Å². The van der Waals surface area contributed by atoms with E-state index in [9.17, 15) is 13.2 Å². The van der Waals surface area contributed by atoms with Gasteiger partial charge in [-0.2, -0.15) is 0 Å². The minimum atomic E-state index is -1.23. The first-order valence-corrected chi connectivity index (χ1v) is 4.98. The van der Waals surface area contributed by atoms with Crippen LogP contribution in [0.5, 0.6) is 0 Å². The highest BCUT2D eigenvalue weighted by atomic mass is 19.2. The zero-order valence-electron chi connectivity index (χ0n) is 8.88. The van der Waals surface area contributed by atoms with Gasteiger partial charge in [0, 0.05) is 24.6 Å². The monoisotopic (exact) mass is 233 g/mol. The van der Waals surface area contributed by atoms with Gasteiger partial charge in [0.1, 0.15) is 5.82 Å². The highest BCUT2D eigenvalue weighted by Gasteiger charge is 2.21. The van der Waals surface area contributed by atoms with E-state index in [2.05, 4.69) is 0 Å². The van der Waals surface area contributed by atoms with Crippen molar-refractivity contribution in [2.75, 3.05) is 6.61 Å². The molecule has 1 rings (SSSR count). The maximum atomic E-state index is 13.4. The quantitative estimate of drug-likeness (QED) is 0.780. The topological polar surface area (TPSA) is 46.2 Å². The lowest BCUT2D eigenvalue weighted by Crippen LogP contribution is -2.26. The van der Waals surface area contributed by atoms with Gasteiger partial charge in [-0.1, -0.05) is 0 Å². The molecule has 2 unspecified atom stereocenters. The summed E-state index contributed by atoms with van der Waals surface area (Å²) in [5.41, 5.74) is 5.62. The van der Waals surface area contributed by atoms with Crippen molar-refractivity contribution >= 4 is 0 Å². The third kappa shape index (κ3) is 2.74. The summed E-state index contributed by atoms with van der Waals surface area (Å²) < 4.78 is 39.1. The van der Waals surface area contributed by atoms with Crippen LogP contribution < -0.4 is 5.73 Å². The molecule has 0 saturated carbocycles. The maximum Gasteiger partial charge on any atom is 0.161 e. The molecular weight excluding hydrogens is 219 g/mol. The van der Waals surface area contributed by atoms with Gasteiger partial charge in [-0.3, -0.25) is 0 Å². The fourth-order valence-electron chi connectivity index (χ4n) is 1.66. The summed E-state index contributed by atoms with van der Waals surface area (Å²) >= 11 is 0. The van der Waals surface area contributed by atoms with Gasteiger partial charge >= 0.3 is 0 Å². The summed E-state index contributed by atoms with van der Waals surface area (Å²) in [5, 5.41) is 8.82. The third-order valence-electron chi connectivity index (χ3n) is 2.51. The van der Waals surface area contributed by atoms with Crippen LogP contribution in [-0.4, -0.2) is 17.8 Å². The number of hydrogen-bond donors (Lipinski definition) is 2. The molecule has 0 aliphatic heterocycles. The normalized spacial score (nSPS) is 14.9. The van der Waals surface area contributed by atoms with Crippen molar-refractivity contribution in [3.63, 3.8) is 0 Å². The Labute approximate surface area is 91.9 Å². The summed E-state index contributed by atoms with van der Waals surface area (Å²) in [6.07, 6.45) is 0.208. The van der Waals surface area contributed by atoms with E-state index >= 15 is 0 Å². The predicted molar refractivity (Wildman–Crippen MR) is 54.4 cm³/mol. The second-order valence-electron chi connectivity index (χ2n) is 3.77. The molecule has 1 aromatic rings. The smallest absolute Gasteiger partial charge is 0.161 e. The Morgan fingerprint density at radius 1 is 1.19 bits per heavy atom. The van der Waals surface area contributed by atoms with Crippen LogP contribution >= 0.6 is 0 Å². The molecule has 5 heteroatoms. The SMILES string of the molecule is CC(N)C(CCO)c1cc(F)c(F)cc1F. The molecule has 1 aromatic carbocycles. The van der Waals surface area contributed by atoms with E-state index in [0.717, 1.165) is 6.07 Å². The Morgan fingerprint density at radius 2 is 1.75 bits per heavy atom. The molecule has 3 N–H and O–H groups in total. The van der Waals surface area contributed by atoms with Crippen molar-refractivity contribution in [2.45, 2.75) is 25.3 Å². The second-order valence-corrected chi connectivity index (χ2v) is 3.77. The Hall–Kier alpha value is -1.07. The van der Waals surface area contributed by atoms with Gasteiger partial charge in [0.05, 0.1) is 0 Å². The number of nitrogens with two attached hydrogens (primary N) is 1. The number of aliphatic hydroxyl groups is 1. The van der Waals surface area contributed by atoms with E-state index in [-0.39, 0.29) is 18.6 Å². The molecule has 0 fully saturated rings. The Morgan fingerprint density at radius 3 is 2.25 bits per heavy atom. The van der Waals surface area contributed by atoms with Crippen LogP contribution in [0.25, 0.3) is 0 Å². The van der Waals surface area contributed by atoms with E-state index in [4.69, 9.17) is 10.8 Å². The maximum absolute atomic E-state index is 13.4. The molecule has 0 bridgehead atoms. The molecule has 16 heavy (non-hydrogen) atoms. The number of halogens is 3. The standard InChI is InChI=1S/C11H14F3NO/c1-6(15)7(2-3-16)8-4-10(13)11(14)5-9(8)12/h4-7,16H,2-3,15H2,1H3. The molecule has 0 radical (unpaired) electrons. The minimum Gasteiger partial charge on any atom is -0.396 e. The Balaban J connectivity index is 3.13. The predicted octanol–water partition coefficient (Wildman–Crippen LogP) is 1.92. The highest BCUT2D eigenvalue weighted by Crippen LogP contribution is 2.26. The molecule has 0 amide bonds. The Kier molecular flexibility index (Phi) is 4.32. The molecule has 2 atom stereocenters. The lowest BCUT2D eigenvalue weighted by Gasteiger charge is -2.21. The molecule has 90 valence electrons. The first-order valence-electron chi connectivity index (χ1n) is 4.98. The number of benzene rings is 1. The minimum absolute atomic E-state index is 0.00273. The molecule has 0 aliphatic rings. The summed E-state index contributed by atoms with van der Waals surface area (Å²) in [7, 11) is 0. The molecule has 2 nitrogen and oxygen atoms in total. The first-order chi connectivity index (χ1) is 7.47. The second kappa shape index (κ2) is 5.32. The third-order valence-corrected chi connectivity index (χ3v) is 2.51. The molecular formula is C11H14F3NO. The van der Waals surface area contributed by atoms with E-state index in [1.54, 1.807) is 6.92 Å². The number of hydrogen-bond acceptors (Lipinski definition) is 2. The van der Waals surface area contributed by atoms with E-state index in [1.807, 2.05) is 0 Å². The van der Waals surface area contributed by atoms with Gasteiger partial charge in [0.2, 0.25) is 0 Å². The van der Waals surface area contributed by atoms with Crippen molar-refractivity contribution in [3.8, 4) is 0 Å². The highest BCUT2D eigenvalue weighted by molar-refractivity contribution is 5.25. The number of rotatable bonds is 4. The fraction of sp³-hybridized carbons (Fsp3) is 0.455. The lowest BCUT2D eigenvalue weighted by molar-refractivity contribution is 0.267. The zero-order chi connectivity index (χ0) is 12.3. The average Bonchev–Trinajstić information content (AvgIpc) is 2.20. The van der Waals surface area contributed by atoms with Gasteiger partial charge in [0.15, 0.2) is 11.6 Å². The first kappa shape index (κ1) is 13.0. The van der Waals surface area contributed by atoms with Crippen LogP contribution in [0.15, 0.2) is 12.1 Å². The largest absolute Gasteiger partial charge is 0.396 e. The number of aliphatic hydroxyl groups excluding tert-OH is 1. The van der Waals surface area contributed by atoms with Gasteiger partial charge < -0.3 is 10.8 Å². The average molecular weight is 233 g/mol. The summed E-state index contributed by atoms with van der Waals surface area (Å²) in [4.78, 5) is 0. The van der Waals surface area contributed by atoms with Crippen LogP contribution in [0.4, 0.5) is 13.2 Å². The van der Waals surface area contributed by atoms with Crippen molar-refractivity contribution in [2.24, 2.45) is 5.73 Å². The van der Waals surface area contributed by atoms with Crippen molar-refractivity contribution in [1.82, 2.24) is 0 Å². The van der Waals surface area contributed by atoms with E-state index in [0.29, 0.717) is 6.07 Å².